The Morgan fingerprint density at radius 3 is 2.20 bits per heavy atom. The van der Waals surface area contributed by atoms with Gasteiger partial charge in [-0.3, -0.25) is 10.1 Å². The number of rotatable bonds is 2. The van der Waals surface area contributed by atoms with Crippen LogP contribution in [0.1, 0.15) is 10.4 Å². The molecule has 130 valence electrons. The number of halogens is 2. The first-order valence-electron chi connectivity index (χ1n) is 7.77. The lowest BCUT2D eigenvalue weighted by molar-refractivity contribution is 0.0671. The number of hydrogen-bond donors (Lipinski definition) is 1. The molecule has 1 aromatic carbocycles. The fourth-order valence-corrected chi connectivity index (χ4v) is 2.81. The standard InChI is InChI=1S/C17H16Cl2N4O2/c18-13-6-7-14(20-15(13)19)21-17(25)23-10-8-22(9-11-23)16(24)12-4-2-1-3-5-12/h1-7H,8-11H2,(H,20,21,25). The highest BCUT2D eigenvalue weighted by molar-refractivity contribution is 6.41. The number of piperazine rings is 1. The van der Waals surface area contributed by atoms with Gasteiger partial charge in [-0.2, -0.15) is 0 Å². The smallest absolute Gasteiger partial charge is 0.323 e. The van der Waals surface area contributed by atoms with E-state index in [2.05, 4.69) is 10.3 Å². The number of hydrogen-bond acceptors (Lipinski definition) is 3. The average molecular weight is 379 g/mol. The molecule has 0 unspecified atom stereocenters. The Morgan fingerprint density at radius 1 is 0.920 bits per heavy atom. The number of nitrogens with zero attached hydrogens (tertiary/aromatic N) is 3. The largest absolute Gasteiger partial charge is 0.335 e. The van der Waals surface area contributed by atoms with Crippen molar-refractivity contribution in [1.29, 1.82) is 0 Å². The Balaban J connectivity index is 1.55. The van der Waals surface area contributed by atoms with E-state index in [0.717, 1.165) is 0 Å². The maximum Gasteiger partial charge on any atom is 0.323 e. The highest BCUT2D eigenvalue weighted by atomic mass is 35.5. The number of carbonyl (C=O) groups excluding carboxylic acids is 2. The van der Waals surface area contributed by atoms with Gasteiger partial charge < -0.3 is 9.80 Å². The zero-order chi connectivity index (χ0) is 17.8. The van der Waals surface area contributed by atoms with Gasteiger partial charge in [-0.05, 0) is 24.3 Å². The molecule has 25 heavy (non-hydrogen) atoms. The topological polar surface area (TPSA) is 65.5 Å². The molecule has 2 aromatic rings. The van der Waals surface area contributed by atoms with E-state index in [1.165, 1.54) is 0 Å². The summed E-state index contributed by atoms with van der Waals surface area (Å²) in [6.45, 7) is 1.86. The van der Waals surface area contributed by atoms with Gasteiger partial charge in [0.25, 0.3) is 5.91 Å². The number of carbonyl (C=O) groups is 2. The number of urea groups is 1. The molecular weight excluding hydrogens is 363 g/mol. The highest BCUT2D eigenvalue weighted by Gasteiger charge is 2.25. The van der Waals surface area contributed by atoms with E-state index in [1.807, 2.05) is 18.2 Å². The van der Waals surface area contributed by atoms with Crippen molar-refractivity contribution in [2.75, 3.05) is 31.5 Å². The van der Waals surface area contributed by atoms with Gasteiger partial charge in [0.2, 0.25) is 0 Å². The molecule has 0 atom stereocenters. The Bertz CT molecular complexity index is 777. The van der Waals surface area contributed by atoms with Crippen LogP contribution in [0.4, 0.5) is 10.6 Å². The van der Waals surface area contributed by atoms with Gasteiger partial charge in [0, 0.05) is 31.7 Å². The molecule has 1 aliphatic rings. The van der Waals surface area contributed by atoms with E-state index in [9.17, 15) is 9.59 Å². The summed E-state index contributed by atoms with van der Waals surface area (Å²) in [6.07, 6.45) is 0. The first-order chi connectivity index (χ1) is 12.0. The molecule has 1 fully saturated rings. The van der Waals surface area contributed by atoms with Crippen molar-refractivity contribution in [3.63, 3.8) is 0 Å². The van der Waals surface area contributed by atoms with Crippen LogP contribution in [0.3, 0.4) is 0 Å². The van der Waals surface area contributed by atoms with Crippen LogP contribution in [-0.4, -0.2) is 52.9 Å². The van der Waals surface area contributed by atoms with Gasteiger partial charge in [0.05, 0.1) is 5.02 Å². The SMILES string of the molecule is O=C(Nc1ccc(Cl)c(Cl)n1)N1CCN(C(=O)c2ccccc2)CC1. The molecule has 3 amide bonds. The van der Waals surface area contributed by atoms with Gasteiger partial charge in [-0.15, -0.1) is 0 Å². The van der Waals surface area contributed by atoms with Crippen LogP contribution in [0.5, 0.6) is 0 Å². The van der Waals surface area contributed by atoms with Crippen LogP contribution in [-0.2, 0) is 0 Å². The molecule has 6 nitrogen and oxygen atoms in total. The minimum absolute atomic E-state index is 0.0215. The van der Waals surface area contributed by atoms with Crippen molar-refractivity contribution in [3.05, 3.63) is 58.2 Å². The summed E-state index contributed by atoms with van der Waals surface area (Å²) < 4.78 is 0. The van der Waals surface area contributed by atoms with Crippen molar-refractivity contribution >= 4 is 41.0 Å². The minimum atomic E-state index is -0.280. The van der Waals surface area contributed by atoms with Gasteiger partial charge in [-0.25, -0.2) is 9.78 Å². The summed E-state index contributed by atoms with van der Waals surface area (Å²) in [5.74, 6) is 0.314. The molecule has 1 aliphatic heterocycles. The predicted octanol–water partition coefficient (Wildman–Crippen LogP) is 3.38. The molecule has 1 aromatic heterocycles. The Labute approximate surface area is 155 Å². The zero-order valence-electron chi connectivity index (χ0n) is 13.3. The second kappa shape index (κ2) is 7.72. The second-order valence-electron chi connectivity index (χ2n) is 5.54. The zero-order valence-corrected chi connectivity index (χ0v) is 14.8. The van der Waals surface area contributed by atoms with Crippen molar-refractivity contribution in [3.8, 4) is 0 Å². The van der Waals surface area contributed by atoms with Crippen LogP contribution >= 0.6 is 23.2 Å². The minimum Gasteiger partial charge on any atom is -0.335 e. The number of nitrogens with one attached hydrogen (secondary N) is 1. The first-order valence-corrected chi connectivity index (χ1v) is 8.52. The van der Waals surface area contributed by atoms with Crippen LogP contribution in [0.15, 0.2) is 42.5 Å². The van der Waals surface area contributed by atoms with Crippen molar-refractivity contribution in [1.82, 2.24) is 14.8 Å². The van der Waals surface area contributed by atoms with E-state index in [0.29, 0.717) is 42.6 Å². The Kier molecular flexibility index (Phi) is 5.40. The molecule has 0 spiro atoms. The van der Waals surface area contributed by atoms with Crippen LogP contribution in [0.2, 0.25) is 10.2 Å². The molecule has 0 saturated carbocycles. The number of pyridine rings is 1. The van der Waals surface area contributed by atoms with E-state index < -0.39 is 0 Å². The molecule has 8 heteroatoms. The molecule has 2 heterocycles. The molecule has 0 bridgehead atoms. The molecule has 3 rings (SSSR count). The van der Waals surface area contributed by atoms with E-state index in [4.69, 9.17) is 23.2 Å². The van der Waals surface area contributed by atoms with Crippen LogP contribution in [0.25, 0.3) is 0 Å². The van der Waals surface area contributed by atoms with Crippen LogP contribution < -0.4 is 5.32 Å². The number of anilines is 1. The number of amides is 3. The lowest BCUT2D eigenvalue weighted by atomic mass is 10.2. The summed E-state index contributed by atoms with van der Waals surface area (Å²) in [4.78, 5) is 32.1. The van der Waals surface area contributed by atoms with Crippen molar-refractivity contribution in [2.24, 2.45) is 0 Å². The van der Waals surface area contributed by atoms with Gasteiger partial charge in [0.1, 0.15) is 11.0 Å². The monoisotopic (exact) mass is 378 g/mol. The van der Waals surface area contributed by atoms with Crippen molar-refractivity contribution < 1.29 is 9.59 Å². The summed E-state index contributed by atoms with van der Waals surface area (Å²) in [5, 5.41) is 3.15. The third kappa shape index (κ3) is 4.21. The Hall–Kier alpha value is -2.31. The molecule has 1 saturated heterocycles. The van der Waals surface area contributed by atoms with Gasteiger partial charge in [-0.1, -0.05) is 41.4 Å². The summed E-state index contributed by atoms with van der Waals surface area (Å²) in [7, 11) is 0. The van der Waals surface area contributed by atoms with Gasteiger partial charge in [0.15, 0.2) is 0 Å². The lowest BCUT2D eigenvalue weighted by Gasteiger charge is -2.34. The maximum absolute atomic E-state index is 12.4. The van der Waals surface area contributed by atoms with Crippen LogP contribution in [0, 0.1) is 0 Å². The fourth-order valence-electron chi connectivity index (χ4n) is 2.55. The molecule has 1 N–H and O–H groups in total. The van der Waals surface area contributed by atoms with E-state index >= 15 is 0 Å². The third-order valence-corrected chi connectivity index (χ3v) is 4.60. The van der Waals surface area contributed by atoms with Gasteiger partial charge >= 0.3 is 6.03 Å². The lowest BCUT2D eigenvalue weighted by Crippen LogP contribution is -2.51. The van der Waals surface area contributed by atoms with Crippen molar-refractivity contribution in [2.45, 2.75) is 0 Å². The molecular formula is C17H16Cl2N4O2. The number of benzene rings is 1. The summed E-state index contributed by atoms with van der Waals surface area (Å²) in [5.41, 5.74) is 0.653. The summed E-state index contributed by atoms with van der Waals surface area (Å²) >= 11 is 11.7. The van der Waals surface area contributed by atoms with E-state index in [1.54, 1.807) is 34.1 Å². The summed E-state index contributed by atoms with van der Waals surface area (Å²) in [6, 6.07) is 12.0. The first kappa shape index (κ1) is 17.5. The quantitative estimate of drug-likeness (QED) is 0.814. The maximum atomic E-state index is 12.4. The second-order valence-corrected chi connectivity index (χ2v) is 6.31. The fraction of sp³-hybridized carbons (Fsp3) is 0.235. The third-order valence-electron chi connectivity index (χ3n) is 3.91. The molecule has 0 aliphatic carbocycles. The highest BCUT2D eigenvalue weighted by Crippen LogP contribution is 2.21. The normalized spacial score (nSPS) is 14.3. The predicted molar refractivity (Wildman–Crippen MR) is 97.2 cm³/mol. The van der Waals surface area contributed by atoms with E-state index in [-0.39, 0.29) is 17.1 Å². The average Bonchev–Trinajstić information content (AvgIpc) is 2.65. The molecule has 0 radical (unpaired) electrons. The number of aromatic nitrogens is 1. The Morgan fingerprint density at radius 2 is 1.56 bits per heavy atom.